The third-order valence-electron chi connectivity index (χ3n) is 3.69. The molecular formula is C17H19FN2O2. The third-order valence-corrected chi connectivity index (χ3v) is 3.69. The molecule has 0 aliphatic heterocycles. The van der Waals surface area contributed by atoms with E-state index in [-0.39, 0.29) is 24.1 Å². The zero-order valence-electron chi connectivity index (χ0n) is 12.4. The van der Waals surface area contributed by atoms with E-state index in [1.165, 1.54) is 12.1 Å². The molecule has 0 spiro atoms. The molecule has 0 aliphatic rings. The van der Waals surface area contributed by atoms with Crippen molar-refractivity contribution in [1.82, 2.24) is 5.32 Å². The highest BCUT2D eigenvalue weighted by Crippen LogP contribution is 2.17. The summed E-state index contributed by atoms with van der Waals surface area (Å²) in [6.45, 7) is 2.59. The molecule has 1 heterocycles. The summed E-state index contributed by atoms with van der Waals surface area (Å²) in [5.74, 6) is -0.450. The van der Waals surface area contributed by atoms with Gasteiger partial charge in [0, 0.05) is 19.2 Å². The zero-order chi connectivity index (χ0) is 15.9. The number of nitrogens with one attached hydrogen (secondary N) is 1. The van der Waals surface area contributed by atoms with Gasteiger partial charge in [-0.05, 0) is 48.6 Å². The van der Waals surface area contributed by atoms with Crippen LogP contribution >= 0.6 is 0 Å². The van der Waals surface area contributed by atoms with Gasteiger partial charge in [0.25, 0.3) is 0 Å². The molecule has 22 heavy (non-hydrogen) atoms. The molecule has 0 fully saturated rings. The molecule has 0 radical (unpaired) electrons. The number of rotatable bonds is 7. The minimum atomic E-state index is -0.509. The maximum absolute atomic E-state index is 13.6. The van der Waals surface area contributed by atoms with Crippen LogP contribution in [0.5, 0.6) is 0 Å². The fourth-order valence-electron chi connectivity index (χ4n) is 2.30. The molecular weight excluding hydrogens is 283 g/mol. The number of aliphatic hydroxyl groups excluding tert-OH is 1. The van der Waals surface area contributed by atoms with Crippen LogP contribution < -0.4 is 5.32 Å². The number of hydrogen-bond donors (Lipinski definition) is 2. The lowest BCUT2D eigenvalue weighted by atomic mass is 10.0. The van der Waals surface area contributed by atoms with Gasteiger partial charge in [0.15, 0.2) is 0 Å². The average Bonchev–Trinajstić information content (AvgIpc) is 3.03. The predicted molar refractivity (Wildman–Crippen MR) is 80.5 cm³/mol. The van der Waals surface area contributed by atoms with Gasteiger partial charge in [-0.3, -0.25) is 0 Å². The Hall–Kier alpha value is -2.16. The average molecular weight is 302 g/mol. The lowest BCUT2D eigenvalue weighted by Crippen LogP contribution is -2.29. The van der Waals surface area contributed by atoms with E-state index in [0.717, 1.165) is 11.1 Å². The summed E-state index contributed by atoms with van der Waals surface area (Å²) in [6.07, 6.45) is 4.00. The molecule has 0 saturated heterocycles. The number of hydrogen-bond acceptors (Lipinski definition) is 4. The zero-order valence-corrected chi connectivity index (χ0v) is 12.4. The van der Waals surface area contributed by atoms with Crippen LogP contribution in [0.25, 0.3) is 0 Å². The molecule has 2 atom stereocenters. The number of aliphatic hydroxyl groups is 1. The van der Waals surface area contributed by atoms with Crippen LogP contribution in [-0.2, 0) is 6.42 Å². The molecule has 0 bridgehead atoms. The molecule has 4 nitrogen and oxygen atoms in total. The second-order valence-electron chi connectivity index (χ2n) is 5.37. The van der Waals surface area contributed by atoms with E-state index in [4.69, 9.17) is 9.68 Å². The number of benzene rings is 1. The third kappa shape index (κ3) is 4.17. The van der Waals surface area contributed by atoms with E-state index >= 15 is 0 Å². The second kappa shape index (κ2) is 7.74. The van der Waals surface area contributed by atoms with Gasteiger partial charge in [-0.1, -0.05) is 6.07 Å². The van der Waals surface area contributed by atoms with Crippen molar-refractivity contribution in [1.29, 1.82) is 5.26 Å². The molecule has 116 valence electrons. The van der Waals surface area contributed by atoms with Crippen LogP contribution in [0.15, 0.2) is 41.2 Å². The van der Waals surface area contributed by atoms with Crippen molar-refractivity contribution in [3.8, 4) is 6.07 Å². The summed E-state index contributed by atoms with van der Waals surface area (Å²) in [6, 6.07) is 8.21. The van der Waals surface area contributed by atoms with Gasteiger partial charge in [-0.25, -0.2) is 4.39 Å². The quantitative estimate of drug-likeness (QED) is 0.825. The molecule has 0 saturated carbocycles. The molecule has 2 rings (SSSR count). The highest BCUT2D eigenvalue weighted by Gasteiger charge is 2.13. The van der Waals surface area contributed by atoms with Crippen LogP contribution in [-0.4, -0.2) is 18.3 Å². The van der Waals surface area contributed by atoms with E-state index in [1.807, 2.05) is 19.1 Å². The Kier molecular flexibility index (Phi) is 5.70. The normalized spacial score (nSPS) is 13.5. The Morgan fingerprint density at radius 2 is 2.23 bits per heavy atom. The van der Waals surface area contributed by atoms with Crippen LogP contribution in [0.4, 0.5) is 4.39 Å². The highest BCUT2D eigenvalue weighted by atomic mass is 19.1. The standard InChI is InChI=1S/C17H19FN2O2/c1-12(15-2-3-16(8-19)17(18)7-15)20-9-14(10-21)6-13-4-5-22-11-13/h2-5,7,11-12,14,20-21H,6,9-10H2,1H3. The van der Waals surface area contributed by atoms with E-state index < -0.39 is 5.82 Å². The van der Waals surface area contributed by atoms with Gasteiger partial charge in [-0.2, -0.15) is 5.26 Å². The number of halogens is 1. The molecule has 0 aliphatic carbocycles. The Morgan fingerprint density at radius 1 is 1.41 bits per heavy atom. The lowest BCUT2D eigenvalue weighted by Gasteiger charge is -2.19. The first kappa shape index (κ1) is 16.2. The van der Waals surface area contributed by atoms with Gasteiger partial charge in [-0.15, -0.1) is 0 Å². The second-order valence-corrected chi connectivity index (χ2v) is 5.37. The van der Waals surface area contributed by atoms with Crippen LogP contribution in [0.3, 0.4) is 0 Å². The van der Waals surface area contributed by atoms with Crippen molar-refractivity contribution in [2.45, 2.75) is 19.4 Å². The van der Waals surface area contributed by atoms with Gasteiger partial charge >= 0.3 is 0 Å². The first-order valence-corrected chi connectivity index (χ1v) is 7.19. The monoisotopic (exact) mass is 302 g/mol. The SMILES string of the molecule is CC(NCC(CO)Cc1ccoc1)c1ccc(C#N)c(F)c1. The number of nitrogens with zero attached hydrogens (tertiary/aromatic N) is 1. The van der Waals surface area contributed by atoms with E-state index in [1.54, 1.807) is 18.6 Å². The predicted octanol–water partition coefficient (Wildman–Crippen LogP) is 2.79. The maximum Gasteiger partial charge on any atom is 0.141 e. The summed E-state index contributed by atoms with van der Waals surface area (Å²) in [4.78, 5) is 0. The Labute approximate surface area is 129 Å². The molecule has 1 aromatic carbocycles. The molecule has 2 aromatic rings. The first-order chi connectivity index (χ1) is 10.6. The van der Waals surface area contributed by atoms with E-state index in [2.05, 4.69) is 5.32 Å². The van der Waals surface area contributed by atoms with Gasteiger partial charge in [0.2, 0.25) is 0 Å². The summed E-state index contributed by atoms with van der Waals surface area (Å²) < 4.78 is 18.6. The van der Waals surface area contributed by atoms with Gasteiger partial charge in [0.1, 0.15) is 11.9 Å². The van der Waals surface area contributed by atoms with Crippen LogP contribution in [0.1, 0.15) is 29.7 Å². The van der Waals surface area contributed by atoms with E-state index in [0.29, 0.717) is 13.0 Å². The molecule has 2 N–H and O–H groups in total. The largest absolute Gasteiger partial charge is 0.472 e. The van der Waals surface area contributed by atoms with Crippen molar-refractivity contribution in [3.05, 3.63) is 59.3 Å². The fraction of sp³-hybridized carbons (Fsp3) is 0.353. The smallest absolute Gasteiger partial charge is 0.141 e. The van der Waals surface area contributed by atoms with E-state index in [9.17, 15) is 9.50 Å². The highest BCUT2D eigenvalue weighted by molar-refractivity contribution is 5.34. The minimum absolute atomic E-state index is 0.0455. The number of nitriles is 1. The summed E-state index contributed by atoms with van der Waals surface area (Å²) in [5, 5.41) is 21.5. The fourth-order valence-corrected chi connectivity index (χ4v) is 2.30. The van der Waals surface area contributed by atoms with Gasteiger partial charge in [0.05, 0.1) is 18.1 Å². The molecule has 2 unspecified atom stereocenters. The molecule has 1 aromatic heterocycles. The topological polar surface area (TPSA) is 69.2 Å². The summed E-state index contributed by atoms with van der Waals surface area (Å²) >= 11 is 0. The Bertz CT molecular complexity index is 635. The van der Waals surface area contributed by atoms with Crippen LogP contribution in [0, 0.1) is 23.1 Å². The summed E-state index contributed by atoms with van der Waals surface area (Å²) in [5.41, 5.74) is 1.86. The van der Waals surface area contributed by atoms with Crippen molar-refractivity contribution in [2.75, 3.05) is 13.2 Å². The van der Waals surface area contributed by atoms with Crippen LogP contribution in [0.2, 0.25) is 0 Å². The maximum atomic E-state index is 13.6. The van der Waals surface area contributed by atoms with Crippen molar-refractivity contribution in [3.63, 3.8) is 0 Å². The Morgan fingerprint density at radius 3 is 2.82 bits per heavy atom. The summed E-state index contributed by atoms with van der Waals surface area (Å²) in [7, 11) is 0. The van der Waals surface area contributed by atoms with Gasteiger partial charge < -0.3 is 14.8 Å². The first-order valence-electron chi connectivity index (χ1n) is 7.19. The lowest BCUT2D eigenvalue weighted by molar-refractivity contribution is 0.218. The Balaban J connectivity index is 1.92. The number of furan rings is 1. The van der Waals surface area contributed by atoms with Crippen molar-refractivity contribution < 1.29 is 13.9 Å². The van der Waals surface area contributed by atoms with Crippen molar-refractivity contribution >= 4 is 0 Å². The van der Waals surface area contributed by atoms with Crippen molar-refractivity contribution in [2.24, 2.45) is 5.92 Å². The minimum Gasteiger partial charge on any atom is -0.472 e. The molecule has 5 heteroatoms. The molecule has 0 amide bonds.